The molecule has 8 heteroatoms. The van der Waals surface area contributed by atoms with Gasteiger partial charge >= 0.3 is 6.18 Å². The number of halogens is 3. The van der Waals surface area contributed by atoms with E-state index in [1.165, 1.54) is 30.3 Å². The lowest BCUT2D eigenvalue weighted by molar-refractivity contribution is -0.127. The summed E-state index contributed by atoms with van der Waals surface area (Å²) in [7, 11) is -3.87. The molecule has 2 rings (SSSR count). The Kier molecular flexibility index (Phi) is 5.28. The second-order valence-electron chi connectivity index (χ2n) is 5.16. The number of nitrogens with zero attached hydrogens (tertiary/aromatic N) is 1. The number of hydrogen-bond acceptors (Lipinski definition) is 3. The third-order valence-electron chi connectivity index (χ3n) is 3.15. The highest BCUT2D eigenvalue weighted by atomic mass is 32.2. The summed E-state index contributed by atoms with van der Waals surface area (Å²) in [6.07, 6.45) is -4.40. The Morgan fingerprint density at radius 2 is 1.71 bits per heavy atom. The lowest BCUT2D eigenvalue weighted by Gasteiger charge is -2.09. The van der Waals surface area contributed by atoms with Gasteiger partial charge in [0, 0.05) is 0 Å². The first-order valence-corrected chi connectivity index (χ1v) is 8.42. The molecule has 24 heavy (non-hydrogen) atoms. The number of hydrogen-bond donors (Lipinski definition) is 1. The molecule has 0 radical (unpaired) electrons. The molecule has 0 aliphatic carbocycles. The van der Waals surface area contributed by atoms with Gasteiger partial charge in [0.25, 0.3) is 10.0 Å². The molecule has 0 aromatic heterocycles. The van der Waals surface area contributed by atoms with E-state index in [9.17, 15) is 21.6 Å². The lowest BCUT2D eigenvalue weighted by atomic mass is 10.1. The van der Waals surface area contributed by atoms with E-state index in [1.807, 2.05) is 11.8 Å². The van der Waals surface area contributed by atoms with Crippen LogP contribution in [-0.4, -0.2) is 20.8 Å². The van der Waals surface area contributed by atoms with Crippen molar-refractivity contribution in [3.63, 3.8) is 0 Å². The maximum absolute atomic E-state index is 12.5. The first-order chi connectivity index (χ1) is 11.2. The minimum Gasteiger partial charge on any atom is -0.200 e. The van der Waals surface area contributed by atoms with Crippen molar-refractivity contribution in [2.45, 2.75) is 24.4 Å². The molecule has 0 saturated carbocycles. The molecule has 0 spiro atoms. The van der Waals surface area contributed by atoms with E-state index in [1.54, 1.807) is 18.2 Å². The molecule has 2 aromatic carbocycles. The van der Waals surface area contributed by atoms with E-state index in [2.05, 4.69) is 5.10 Å². The molecular formula is C16H15F3N2O2S. The molecule has 0 fully saturated rings. The Morgan fingerprint density at radius 1 is 1.08 bits per heavy atom. The number of aryl methyl sites for hydroxylation is 1. The van der Waals surface area contributed by atoms with Gasteiger partial charge in [-0.3, -0.25) is 0 Å². The zero-order chi connectivity index (χ0) is 17.8. The van der Waals surface area contributed by atoms with Gasteiger partial charge in [-0.25, -0.2) is 4.83 Å². The van der Waals surface area contributed by atoms with Crippen LogP contribution in [-0.2, 0) is 16.4 Å². The predicted molar refractivity (Wildman–Crippen MR) is 85.3 cm³/mol. The van der Waals surface area contributed by atoms with Crippen molar-refractivity contribution >= 4 is 16.2 Å². The van der Waals surface area contributed by atoms with E-state index in [4.69, 9.17) is 0 Å². The van der Waals surface area contributed by atoms with E-state index < -0.39 is 22.6 Å². The van der Waals surface area contributed by atoms with Crippen LogP contribution in [0.4, 0.5) is 13.2 Å². The van der Waals surface area contributed by atoms with Crippen molar-refractivity contribution in [2.75, 3.05) is 0 Å². The fourth-order valence-electron chi connectivity index (χ4n) is 1.97. The second kappa shape index (κ2) is 7.04. The van der Waals surface area contributed by atoms with Crippen LogP contribution in [0, 0.1) is 6.92 Å². The number of sulfonamides is 1. The number of hydrazone groups is 1. The predicted octanol–water partition coefficient (Wildman–Crippen LogP) is 3.41. The van der Waals surface area contributed by atoms with Crippen LogP contribution >= 0.6 is 0 Å². The highest BCUT2D eigenvalue weighted by Gasteiger charge is 2.28. The highest BCUT2D eigenvalue weighted by molar-refractivity contribution is 7.89. The van der Waals surface area contributed by atoms with Crippen LogP contribution in [0.2, 0.25) is 0 Å². The van der Waals surface area contributed by atoms with Gasteiger partial charge in [-0.15, -0.1) is 0 Å². The lowest BCUT2D eigenvalue weighted by Crippen LogP contribution is -2.18. The Bertz CT molecular complexity index is 829. The van der Waals surface area contributed by atoms with Crippen LogP contribution in [0.15, 0.2) is 58.5 Å². The topological polar surface area (TPSA) is 58.5 Å². The van der Waals surface area contributed by atoms with Gasteiger partial charge in [0.1, 0.15) is 0 Å². The molecule has 0 saturated heterocycles. The van der Waals surface area contributed by atoms with Crippen molar-refractivity contribution in [1.29, 1.82) is 0 Å². The average molecular weight is 356 g/mol. The smallest absolute Gasteiger partial charge is 0.200 e. The Labute approximate surface area is 138 Å². The number of benzene rings is 2. The van der Waals surface area contributed by atoms with E-state index in [-0.39, 0.29) is 16.0 Å². The maximum Gasteiger partial charge on any atom is 0.393 e. The van der Waals surface area contributed by atoms with Crippen LogP contribution in [0.1, 0.15) is 16.7 Å². The zero-order valence-corrected chi connectivity index (χ0v) is 13.5. The summed E-state index contributed by atoms with van der Waals surface area (Å²) in [6.45, 7) is 1.82. The van der Waals surface area contributed by atoms with Gasteiger partial charge < -0.3 is 0 Å². The van der Waals surface area contributed by atoms with Gasteiger partial charge in [-0.2, -0.15) is 26.7 Å². The van der Waals surface area contributed by atoms with Crippen LogP contribution in [0.3, 0.4) is 0 Å². The van der Waals surface area contributed by atoms with Crippen molar-refractivity contribution in [1.82, 2.24) is 4.83 Å². The third kappa shape index (κ3) is 5.09. The highest BCUT2D eigenvalue weighted by Crippen LogP contribution is 2.22. The van der Waals surface area contributed by atoms with Crippen LogP contribution in [0.25, 0.3) is 0 Å². The SMILES string of the molecule is Cc1ccc(S(=O)(=O)N/N=C/c2ccccc2CC(F)(F)F)cc1. The summed E-state index contributed by atoms with van der Waals surface area (Å²) in [5.74, 6) is 0. The zero-order valence-electron chi connectivity index (χ0n) is 12.7. The largest absolute Gasteiger partial charge is 0.393 e. The second-order valence-corrected chi connectivity index (χ2v) is 6.82. The average Bonchev–Trinajstić information content (AvgIpc) is 2.48. The maximum atomic E-state index is 12.5. The molecule has 0 amide bonds. The van der Waals surface area contributed by atoms with Crippen LogP contribution < -0.4 is 4.83 Å². The molecule has 0 atom stereocenters. The number of alkyl halides is 3. The molecule has 4 nitrogen and oxygen atoms in total. The summed E-state index contributed by atoms with van der Waals surface area (Å²) < 4.78 is 61.7. The Balaban J connectivity index is 2.16. The Hall–Kier alpha value is -2.35. The van der Waals surface area contributed by atoms with Gasteiger partial charge in [0.15, 0.2) is 0 Å². The van der Waals surface area contributed by atoms with Crippen LogP contribution in [0.5, 0.6) is 0 Å². The molecule has 0 unspecified atom stereocenters. The fraction of sp³-hybridized carbons (Fsp3) is 0.188. The molecule has 128 valence electrons. The summed E-state index contributed by atoms with van der Waals surface area (Å²) in [5, 5.41) is 3.57. The first-order valence-electron chi connectivity index (χ1n) is 6.93. The van der Waals surface area contributed by atoms with E-state index in [0.29, 0.717) is 0 Å². The van der Waals surface area contributed by atoms with Gasteiger partial charge in [-0.05, 0) is 30.2 Å². The van der Waals surface area contributed by atoms with Gasteiger partial charge in [-0.1, -0.05) is 42.0 Å². The normalized spacial score (nSPS) is 12.5. The van der Waals surface area contributed by atoms with Gasteiger partial charge in [0.05, 0.1) is 17.5 Å². The molecule has 0 aliphatic rings. The molecule has 0 bridgehead atoms. The molecule has 2 aromatic rings. The first kappa shape index (κ1) is 18.0. The standard InChI is InChI=1S/C16H15F3N2O2S/c1-12-6-8-15(9-7-12)24(22,23)21-20-11-14-5-3-2-4-13(14)10-16(17,18)19/h2-9,11,21H,10H2,1H3/b20-11+. The summed E-state index contributed by atoms with van der Waals surface area (Å²) >= 11 is 0. The van der Waals surface area contributed by atoms with Crippen molar-refractivity contribution in [3.05, 3.63) is 65.2 Å². The molecule has 0 heterocycles. The fourth-order valence-corrected chi connectivity index (χ4v) is 2.76. The van der Waals surface area contributed by atoms with Crippen molar-refractivity contribution in [2.24, 2.45) is 5.10 Å². The van der Waals surface area contributed by atoms with Gasteiger partial charge in [0.2, 0.25) is 0 Å². The number of nitrogens with one attached hydrogen (secondary N) is 1. The quantitative estimate of drug-likeness (QED) is 0.659. The minimum atomic E-state index is -4.36. The molecule has 0 aliphatic heterocycles. The molecular weight excluding hydrogens is 341 g/mol. The molecule has 1 N–H and O–H groups in total. The Morgan fingerprint density at radius 3 is 2.33 bits per heavy atom. The van der Waals surface area contributed by atoms with Crippen molar-refractivity contribution < 1.29 is 21.6 Å². The third-order valence-corrected chi connectivity index (χ3v) is 4.39. The summed E-state index contributed by atoms with van der Waals surface area (Å²) in [5.41, 5.74) is 1.11. The summed E-state index contributed by atoms with van der Waals surface area (Å²) in [6, 6.07) is 11.9. The summed E-state index contributed by atoms with van der Waals surface area (Å²) in [4.78, 5) is 2.02. The number of rotatable bonds is 5. The van der Waals surface area contributed by atoms with E-state index >= 15 is 0 Å². The van der Waals surface area contributed by atoms with Crippen molar-refractivity contribution in [3.8, 4) is 0 Å². The monoisotopic (exact) mass is 356 g/mol. The van der Waals surface area contributed by atoms with E-state index in [0.717, 1.165) is 11.8 Å². The minimum absolute atomic E-state index is 0.0169.